The van der Waals surface area contributed by atoms with Crippen molar-refractivity contribution < 1.29 is 19.1 Å². The van der Waals surface area contributed by atoms with Crippen LogP contribution in [0.4, 0.5) is 5.69 Å². The molecule has 0 aromatic heterocycles. The normalized spacial score (nSPS) is 23.3. The number of methoxy groups -OCH3 is 1. The summed E-state index contributed by atoms with van der Waals surface area (Å²) in [6.45, 7) is 5.59. The highest BCUT2D eigenvalue weighted by atomic mass is 16.5. The molecular formula is C33H29NO4. The largest absolute Gasteiger partial charge is 0.495 e. The standard InChI is InChI=1S/C33H29NO4/c1-18-5-9-21(10-6-18)28(22-11-7-19(2)8-12-22)29-24-14-15-25(29)31-30(24)32(36)34(33(31)37)26-17-23(20(3)35)13-16-27(26)38-4/h5-17,24-25,30-31H,1-4H3/t24-,25-,30+,31+/m0/s1. The van der Waals surface area contributed by atoms with Gasteiger partial charge in [0.1, 0.15) is 5.75 Å². The third-order valence-electron chi connectivity index (χ3n) is 8.21. The van der Waals surface area contributed by atoms with Crippen LogP contribution in [0.5, 0.6) is 5.75 Å². The van der Waals surface area contributed by atoms with Crippen LogP contribution in [0.3, 0.4) is 0 Å². The molecule has 190 valence electrons. The van der Waals surface area contributed by atoms with Crippen molar-refractivity contribution in [2.24, 2.45) is 23.7 Å². The summed E-state index contributed by atoms with van der Waals surface area (Å²) in [5, 5.41) is 0. The van der Waals surface area contributed by atoms with Crippen molar-refractivity contribution in [2.75, 3.05) is 12.0 Å². The number of ketones is 1. The smallest absolute Gasteiger partial charge is 0.238 e. The van der Waals surface area contributed by atoms with Gasteiger partial charge in [-0.1, -0.05) is 71.8 Å². The van der Waals surface area contributed by atoms with Crippen LogP contribution in [0.25, 0.3) is 5.57 Å². The van der Waals surface area contributed by atoms with Crippen molar-refractivity contribution in [3.05, 3.63) is 112 Å². The Hall–Kier alpha value is -4.25. The average molecular weight is 504 g/mol. The summed E-state index contributed by atoms with van der Waals surface area (Å²) < 4.78 is 5.49. The summed E-state index contributed by atoms with van der Waals surface area (Å²) >= 11 is 0. The number of ether oxygens (including phenoxy) is 1. The Kier molecular flexibility index (Phi) is 5.68. The number of hydrogen-bond acceptors (Lipinski definition) is 4. The van der Waals surface area contributed by atoms with Crippen LogP contribution in [0.2, 0.25) is 0 Å². The van der Waals surface area contributed by atoms with Gasteiger partial charge in [-0.05, 0) is 61.2 Å². The molecule has 3 aromatic rings. The third kappa shape index (κ3) is 3.57. The molecule has 6 rings (SSSR count). The molecule has 0 unspecified atom stereocenters. The lowest BCUT2D eigenvalue weighted by atomic mass is 9.85. The highest BCUT2D eigenvalue weighted by Gasteiger charge is 2.62. The first-order valence-electron chi connectivity index (χ1n) is 12.9. The van der Waals surface area contributed by atoms with Gasteiger partial charge in [0.15, 0.2) is 5.78 Å². The number of nitrogens with zero attached hydrogens (tertiary/aromatic N) is 1. The summed E-state index contributed by atoms with van der Waals surface area (Å²) in [6.07, 6.45) is 4.20. The maximum absolute atomic E-state index is 14.0. The molecule has 1 saturated carbocycles. The fourth-order valence-electron chi connectivity index (χ4n) is 6.36. The number of aryl methyl sites for hydroxylation is 2. The number of imide groups is 1. The van der Waals surface area contributed by atoms with Crippen molar-refractivity contribution in [1.29, 1.82) is 0 Å². The Bertz CT molecular complexity index is 1460. The second-order valence-electron chi connectivity index (χ2n) is 10.5. The van der Waals surface area contributed by atoms with Crippen molar-refractivity contribution in [3.63, 3.8) is 0 Å². The molecule has 3 aliphatic rings. The minimum absolute atomic E-state index is 0.138. The molecule has 5 nitrogen and oxygen atoms in total. The molecule has 38 heavy (non-hydrogen) atoms. The van der Waals surface area contributed by atoms with Gasteiger partial charge in [0, 0.05) is 17.4 Å². The zero-order chi connectivity index (χ0) is 26.7. The van der Waals surface area contributed by atoms with E-state index in [-0.39, 0.29) is 29.4 Å². The van der Waals surface area contributed by atoms with E-state index in [2.05, 4.69) is 74.5 Å². The molecule has 5 heteroatoms. The molecule has 2 bridgehead atoms. The van der Waals surface area contributed by atoms with Crippen LogP contribution in [-0.4, -0.2) is 24.7 Å². The third-order valence-corrected chi connectivity index (χ3v) is 8.21. The number of fused-ring (bicyclic) bond motifs is 5. The minimum Gasteiger partial charge on any atom is -0.495 e. The first kappa shape index (κ1) is 24.1. The zero-order valence-electron chi connectivity index (χ0n) is 21.9. The van der Waals surface area contributed by atoms with E-state index in [0.29, 0.717) is 17.0 Å². The van der Waals surface area contributed by atoms with Crippen LogP contribution >= 0.6 is 0 Å². The van der Waals surface area contributed by atoms with E-state index in [4.69, 9.17) is 4.74 Å². The van der Waals surface area contributed by atoms with Gasteiger partial charge in [0.25, 0.3) is 0 Å². The van der Waals surface area contributed by atoms with Gasteiger partial charge in [0.05, 0.1) is 24.6 Å². The van der Waals surface area contributed by atoms with E-state index in [9.17, 15) is 14.4 Å². The van der Waals surface area contributed by atoms with E-state index >= 15 is 0 Å². The minimum atomic E-state index is -0.482. The van der Waals surface area contributed by atoms with Gasteiger partial charge in [-0.3, -0.25) is 14.4 Å². The second kappa shape index (κ2) is 8.95. The Morgan fingerprint density at radius 1 is 0.737 bits per heavy atom. The van der Waals surface area contributed by atoms with E-state index in [1.165, 1.54) is 30.1 Å². The van der Waals surface area contributed by atoms with Crippen molar-refractivity contribution in [1.82, 2.24) is 0 Å². The predicted octanol–water partition coefficient (Wildman–Crippen LogP) is 5.94. The van der Waals surface area contributed by atoms with E-state index in [1.54, 1.807) is 18.2 Å². The molecule has 1 saturated heterocycles. The number of allylic oxidation sites excluding steroid dienone is 3. The van der Waals surface area contributed by atoms with Gasteiger partial charge in [-0.15, -0.1) is 0 Å². The quantitative estimate of drug-likeness (QED) is 0.246. The molecule has 2 amide bonds. The number of carbonyl (C=O) groups excluding carboxylic acids is 3. The van der Waals surface area contributed by atoms with E-state index < -0.39 is 11.8 Å². The number of Topliss-reactive ketones (excluding diaryl/α,β-unsaturated/α-hetero) is 1. The van der Waals surface area contributed by atoms with Crippen LogP contribution in [0, 0.1) is 37.5 Å². The molecule has 1 heterocycles. The molecule has 1 aliphatic heterocycles. The molecule has 0 spiro atoms. The molecule has 2 aliphatic carbocycles. The fraction of sp³-hybridized carbons (Fsp3) is 0.242. The molecule has 0 radical (unpaired) electrons. The monoisotopic (exact) mass is 503 g/mol. The molecule has 0 N–H and O–H groups in total. The maximum atomic E-state index is 14.0. The van der Waals surface area contributed by atoms with Gasteiger partial charge >= 0.3 is 0 Å². The number of amides is 2. The van der Waals surface area contributed by atoms with Crippen LogP contribution in [0.15, 0.2) is 84.5 Å². The topological polar surface area (TPSA) is 63.7 Å². The maximum Gasteiger partial charge on any atom is 0.238 e. The molecule has 4 atom stereocenters. The summed E-state index contributed by atoms with van der Waals surface area (Å²) in [5.74, 6) is -1.53. The van der Waals surface area contributed by atoms with Crippen LogP contribution < -0.4 is 9.64 Å². The number of anilines is 1. The second-order valence-corrected chi connectivity index (χ2v) is 10.5. The number of hydrogen-bond donors (Lipinski definition) is 0. The lowest BCUT2D eigenvalue weighted by molar-refractivity contribution is -0.123. The zero-order valence-corrected chi connectivity index (χ0v) is 21.9. The Balaban J connectivity index is 1.48. The predicted molar refractivity (Wildman–Crippen MR) is 147 cm³/mol. The first-order chi connectivity index (χ1) is 18.3. The van der Waals surface area contributed by atoms with Gasteiger partial charge in [0.2, 0.25) is 11.8 Å². The SMILES string of the molecule is COc1ccc(C(C)=O)cc1N1C(=O)[C@H]2[C@H](C1=O)[C@H]1C=C[C@H]2C1=C(c1ccc(C)cc1)c1ccc(C)cc1. The number of carbonyl (C=O) groups is 3. The summed E-state index contributed by atoms with van der Waals surface area (Å²) in [6, 6.07) is 21.8. The highest BCUT2D eigenvalue weighted by molar-refractivity contribution is 6.24. The Morgan fingerprint density at radius 3 is 1.66 bits per heavy atom. The summed E-state index contributed by atoms with van der Waals surface area (Å²) in [7, 11) is 1.50. The van der Waals surface area contributed by atoms with Gasteiger partial charge in [-0.2, -0.15) is 0 Å². The fourth-order valence-corrected chi connectivity index (χ4v) is 6.36. The van der Waals surface area contributed by atoms with Crippen molar-refractivity contribution >= 4 is 28.9 Å². The summed E-state index contributed by atoms with van der Waals surface area (Å²) in [4.78, 5) is 41.3. The average Bonchev–Trinajstić information content (AvgIpc) is 3.55. The number of benzene rings is 3. The van der Waals surface area contributed by atoms with E-state index in [1.807, 2.05) is 0 Å². The Morgan fingerprint density at radius 2 is 1.21 bits per heavy atom. The molecule has 3 aromatic carbocycles. The summed E-state index contributed by atoms with van der Waals surface area (Å²) in [5.41, 5.74) is 7.53. The van der Waals surface area contributed by atoms with Gasteiger partial charge in [-0.25, -0.2) is 4.90 Å². The van der Waals surface area contributed by atoms with Crippen molar-refractivity contribution in [2.45, 2.75) is 20.8 Å². The van der Waals surface area contributed by atoms with Crippen LogP contribution in [-0.2, 0) is 9.59 Å². The highest BCUT2D eigenvalue weighted by Crippen LogP contribution is 2.59. The van der Waals surface area contributed by atoms with E-state index in [0.717, 1.165) is 22.3 Å². The van der Waals surface area contributed by atoms with Gasteiger partial charge < -0.3 is 4.74 Å². The lowest BCUT2D eigenvalue weighted by Gasteiger charge is -2.23. The first-order valence-corrected chi connectivity index (χ1v) is 12.9. The number of rotatable bonds is 5. The van der Waals surface area contributed by atoms with Crippen LogP contribution in [0.1, 0.15) is 39.5 Å². The Labute approximate surface area is 222 Å². The molecule has 2 fully saturated rings. The van der Waals surface area contributed by atoms with Crippen molar-refractivity contribution in [3.8, 4) is 5.75 Å². The lowest BCUT2D eigenvalue weighted by Crippen LogP contribution is -2.33. The molecular weight excluding hydrogens is 474 g/mol.